The minimum Gasteiger partial charge on any atom is -0.330 e. The number of nitrogens with two attached hydrogens (primary N) is 1. The van der Waals surface area contributed by atoms with Crippen LogP contribution in [0.1, 0.15) is 5.56 Å². The molecule has 0 saturated heterocycles. The molecule has 0 atom stereocenters. The van der Waals surface area contributed by atoms with Crippen molar-refractivity contribution in [3.63, 3.8) is 0 Å². The second kappa shape index (κ2) is 5.07. The smallest absolute Gasteiger partial charge is 0.125 e. The van der Waals surface area contributed by atoms with E-state index < -0.39 is 0 Å². The van der Waals surface area contributed by atoms with Crippen LogP contribution in [0.25, 0.3) is 20.8 Å². The summed E-state index contributed by atoms with van der Waals surface area (Å²) in [6, 6.07) is 12.9. The first-order valence-electron chi connectivity index (χ1n) is 6.12. The minimum absolute atomic E-state index is 0.248. The molecule has 19 heavy (non-hydrogen) atoms. The third kappa shape index (κ3) is 2.50. The lowest BCUT2D eigenvalue weighted by Gasteiger charge is -2.00. The summed E-state index contributed by atoms with van der Waals surface area (Å²) in [7, 11) is 0. The van der Waals surface area contributed by atoms with Crippen molar-refractivity contribution in [2.45, 2.75) is 6.42 Å². The van der Waals surface area contributed by atoms with E-state index in [0.29, 0.717) is 12.1 Å². The van der Waals surface area contributed by atoms with Crippen LogP contribution >= 0.6 is 11.3 Å². The van der Waals surface area contributed by atoms with Crippen LogP contribution in [-0.4, -0.2) is 11.5 Å². The molecule has 0 amide bonds. The van der Waals surface area contributed by atoms with Gasteiger partial charge in [0.1, 0.15) is 10.8 Å². The van der Waals surface area contributed by atoms with Crippen LogP contribution < -0.4 is 5.73 Å². The fraction of sp³-hybridized carbons (Fsp3) is 0.133. The predicted molar refractivity (Wildman–Crippen MR) is 77.8 cm³/mol. The molecule has 0 fully saturated rings. The molecule has 0 unspecified atom stereocenters. The molecular formula is C15H13FN2S. The van der Waals surface area contributed by atoms with E-state index in [1.165, 1.54) is 17.7 Å². The van der Waals surface area contributed by atoms with E-state index >= 15 is 0 Å². The highest BCUT2D eigenvalue weighted by molar-refractivity contribution is 7.21. The molecule has 96 valence electrons. The summed E-state index contributed by atoms with van der Waals surface area (Å²) in [5.41, 5.74) is 8.52. The molecule has 2 N–H and O–H groups in total. The van der Waals surface area contributed by atoms with Crippen LogP contribution in [-0.2, 0) is 6.42 Å². The summed E-state index contributed by atoms with van der Waals surface area (Å²) in [6.07, 6.45) is 0.880. The number of rotatable bonds is 3. The summed E-state index contributed by atoms with van der Waals surface area (Å²) in [5.74, 6) is -0.248. The Balaban J connectivity index is 1.99. The van der Waals surface area contributed by atoms with Crippen LogP contribution in [0.3, 0.4) is 0 Å². The Kier molecular flexibility index (Phi) is 3.27. The Morgan fingerprint density at radius 3 is 2.63 bits per heavy atom. The van der Waals surface area contributed by atoms with Crippen molar-refractivity contribution < 1.29 is 4.39 Å². The summed E-state index contributed by atoms with van der Waals surface area (Å²) >= 11 is 1.58. The summed E-state index contributed by atoms with van der Waals surface area (Å²) in [4.78, 5) is 4.47. The fourth-order valence-corrected chi connectivity index (χ4v) is 2.96. The van der Waals surface area contributed by atoms with Crippen LogP contribution in [0.5, 0.6) is 0 Å². The summed E-state index contributed by atoms with van der Waals surface area (Å²) in [5, 5.41) is 0.917. The molecule has 0 spiro atoms. The van der Waals surface area contributed by atoms with Gasteiger partial charge in [0.25, 0.3) is 0 Å². The van der Waals surface area contributed by atoms with E-state index in [1.54, 1.807) is 17.4 Å². The van der Waals surface area contributed by atoms with Gasteiger partial charge in [-0.05, 0) is 30.7 Å². The number of hydrogen-bond acceptors (Lipinski definition) is 3. The largest absolute Gasteiger partial charge is 0.330 e. The lowest BCUT2D eigenvalue weighted by Crippen LogP contribution is -2.02. The normalized spacial score (nSPS) is 11.1. The second-order valence-electron chi connectivity index (χ2n) is 4.37. The van der Waals surface area contributed by atoms with Gasteiger partial charge in [-0.15, -0.1) is 11.3 Å². The second-order valence-corrected chi connectivity index (χ2v) is 5.40. The molecule has 0 aliphatic carbocycles. The van der Waals surface area contributed by atoms with E-state index in [4.69, 9.17) is 5.73 Å². The minimum atomic E-state index is -0.248. The van der Waals surface area contributed by atoms with Crippen molar-refractivity contribution in [2.24, 2.45) is 5.73 Å². The third-order valence-electron chi connectivity index (χ3n) is 2.98. The van der Waals surface area contributed by atoms with Gasteiger partial charge in [-0.25, -0.2) is 9.37 Å². The number of halogens is 1. The molecule has 0 aliphatic rings. The first kappa shape index (κ1) is 12.3. The van der Waals surface area contributed by atoms with Crippen molar-refractivity contribution in [3.05, 3.63) is 53.8 Å². The molecule has 0 bridgehead atoms. The standard InChI is InChI=1S/C15H13FN2S/c16-12-5-6-14-13(9-12)18-15(19-14)11-3-1-10(2-4-11)7-8-17/h1-6,9H,7-8,17H2. The highest BCUT2D eigenvalue weighted by atomic mass is 32.1. The van der Waals surface area contributed by atoms with E-state index in [0.717, 1.165) is 21.7 Å². The lowest BCUT2D eigenvalue weighted by atomic mass is 10.1. The molecular weight excluding hydrogens is 259 g/mol. The van der Waals surface area contributed by atoms with Gasteiger partial charge in [-0.3, -0.25) is 0 Å². The van der Waals surface area contributed by atoms with E-state index in [9.17, 15) is 4.39 Å². The Morgan fingerprint density at radius 1 is 1.11 bits per heavy atom. The highest BCUT2D eigenvalue weighted by Gasteiger charge is 2.07. The van der Waals surface area contributed by atoms with Gasteiger partial charge in [-0.1, -0.05) is 24.3 Å². The van der Waals surface area contributed by atoms with Gasteiger partial charge in [0.15, 0.2) is 0 Å². The lowest BCUT2D eigenvalue weighted by molar-refractivity contribution is 0.629. The molecule has 4 heteroatoms. The number of fused-ring (bicyclic) bond motifs is 1. The van der Waals surface area contributed by atoms with Gasteiger partial charge in [0.2, 0.25) is 0 Å². The van der Waals surface area contributed by atoms with E-state index in [-0.39, 0.29) is 5.82 Å². The average Bonchev–Trinajstić information content (AvgIpc) is 2.83. The molecule has 0 aliphatic heterocycles. The molecule has 2 aromatic carbocycles. The zero-order valence-corrected chi connectivity index (χ0v) is 11.1. The van der Waals surface area contributed by atoms with Crippen LogP contribution in [0.4, 0.5) is 4.39 Å². The van der Waals surface area contributed by atoms with Crippen molar-refractivity contribution in [2.75, 3.05) is 6.54 Å². The maximum atomic E-state index is 13.1. The molecule has 0 radical (unpaired) electrons. The molecule has 1 heterocycles. The number of hydrogen-bond donors (Lipinski definition) is 1. The zero-order valence-electron chi connectivity index (χ0n) is 10.3. The van der Waals surface area contributed by atoms with Gasteiger partial charge in [0.05, 0.1) is 10.2 Å². The Morgan fingerprint density at radius 2 is 1.89 bits per heavy atom. The zero-order chi connectivity index (χ0) is 13.2. The first-order chi connectivity index (χ1) is 9.26. The number of aromatic nitrogens is 1. The molecule has 0 saturated carbocycles. The molecule has 1 aromatic heterocycles. The quantitative estimate of drug-likeness (QED) is 0.791. The van der Waals surface area contributed by atoms with Crippen molar-refractivity contribution in [1.82, 2.24) is 4.98 Å². The van der Waals surface area contributed by atoms with Crippen LogP contribution in [0.2, 0.25) is 0 Å². The van der Waals surface area contributed by atoms with Crippen molar-refractivity contribution in [3.8, 4) is 10.6 Å². The Bertz CT molecular complexity index is 704. The fourth-order valence-electron chi connectivity index (χ4n) is 2.00. The third-order valence-corrected chi connectivity index (χ3v) is 4.07. The highest BCUT2D eigenvalue weighted by Crippen LogP contribution is 2.30. The average molecular weight is 272 g/mol. The van der Waals surface area contributed by atoms with Crippen LogP contribution in [0, 0.1) is 5.82 Å². The van der Waals surface area contributed by atoms with Gasteiger partial charge < -0.3 is 5.73 Å². The van der Waals surface area contributed by atoms with E-state index in [2.05, 4.69) is 17.1 Å². The van der Waals surface area contributed by atoms with Crippen molar-refractivity contribution in [1.29, 1.82) is 0 Å². The topological polar surface area (TPSA) is 38.9 Å². The Labute approximate surface area is 114 Å². The van der Waals surface area contributed by atoms with Gasteiger partial charge in [-0.2, -0.15) is 0 Å². The predicted octanol–water partition coefficient (Wildman–Crippen LogP) is 3.60. The number of benzene rings is 2. The Hall–Kier alpha value is -1.78. The maximum absolute atomic E-state index is 13.1. The SMILES string of the molecule is NCCc1ccc(-c2nc3cc(F)ccc3s2)cc1. The van der Waals surface area contributed by atoms with Gasteiger partial charge in [0, 0.05) is 11.6 Å². The first-order valence-corrected chi connectivity index (χ1v) is 6.93. The number of thiazole rings is 1. The number of nitrogens with zero attached hydrogens (tertiary/aromatic N) is 1. The molecule has 2 nitrogen and oxygen atoms in total. The summed E-state index contributed by atoms with van der Waals surface area (Å²) in [6.45, 7) is 0.653. The van der Waals surface area contributed by atoms with Crippen LogP contribution in [0.15, 0.2) is 42.5 Å². The summed E-state index contributed by atoms with van der Waals surface area (Å²) < 4.78 is 14.1. The molecule has 3 rings (SSSR count). The maximum Gasteiger partial charge on any atom is 0.125 e. The van der Waals surface area contributed by atoms with E-state index in [1.807, 2.05) is 12.1 Å². The van der Waals surface area contributed by atoms with Gasteiger partial charge >= 0.3 is 0 Å². The molecule has 3 aromatic rings. The monoisotopic (exact) mass is 272 g/mol. The van der Waals surface area contributed by atoms with Crippen molar-refractivity contribution >= 4 is 21.6 Å².